The first-order valence-corrected chi connectivity index (χ1v) is 9.37. The van der Waals surface area contributed by atoms with Gasteiger partial charge < -0.3 is 21.7 Å². The largest absolute Gasteiger partial charge is 0.506 e. The molecule has 0 amide bonds. The highest BCUT2D eigenvalue weighted by Gasteiger charge is 2.19. The molecular weight excluding hydrogens is 372 g/mol. The summed E-state index contributed by atoms with van der Waals surface area (Å²) in [5, 5.41) is 21.3. The summed E-state index contributed by atoms with van der Waals surface area (Å²) in [6, 6.07) is 24.2. The van der Waals surface area contributed by atoms with Gasteiger partial charge in [-0.1, -0.05) is 66.6 Å². The number of rotatable bonds is 3. The van der Waals surface area contributed by atoms with E-state index < -0.39 is 0 Å². The fraction of sp³-hybridized carbons (Fsp3) is 0. The molecule has 0 radical (unpaired) electrons. The van der Waals surface area contributed by atoms with E-state index in [9.17, 15) is 10.2 Å². The summed E-state index contributed by atoms with van der Waals surface area (Å²) in [7, 11) is 0. The second-order valence-electron chi connectivity index (χ2n) is 6.94. The molecule has 4 aromatic rings. The van der Waals surface area contributed by atoms with E-state index >= 15 is 0 Å². The summed E-state index contributed by atoms with van der Waals surface area (Å²) in [5.41, 5.74) is 17.3. The van der Waals surface area contributed by atoms with Gasteiger partial charge in [-0.05, 0) is 34.9 Å². The molecule has 0 heterocycles. The van der Waals surface area contributed by atoms with Gasteiger partial charge in [0.25, 0.3) is 0 Å². The van der Waals surface area contributed by atoms with E-state index in [1.54, 1.807) is 6.07 Å². The Hall–Kier alpha value is -4.36. The van der Waals surface area contributed by atoms with E-state index in [1.165, 1.54) is 0 Å². The predicted molar refractivity (Wildman–Crippen MR) is 123 cm³/mol. The topological polar surface area (TPSA) is 92.5 Å². The SMILES string of the molecule is C#Cc1c(-c2cc(O)c(N)c(-c3ccccc3)c2)cc(-c2ccccc2)c(N)c1O. The minimum atomic E-state index is -0.161. The van der Waals surface area contributed by atoms with Crippen molar-refractivity contribution >= 4 is 11.4 Å². The molecule has 0 aromatic heterocycles. The van der Waals surface area contributed by atoms with Gasteiger partial charge in [-0.2, -0.15) is 0 Å². The minimum Gasteiger partial charge on any atom is -0.506 e. The van der Waals surface area contributed by atoms with Crippen LogP contribution in [0.15, 0.2) is 78.9 Å². The van der Waals surface area contributed by atoms with Gasteiger partial charge in [0.05, 0.1) is 16.9 Å². The summed E-state index contributed by atoms with van der Waals surface area (Å²) < 4.78 is 0. The first kappa shape index (κ1) is 19.0. The maximum atomic E-state index is 10.7. The maximum Gasteiger partial charge on any atom is 0.155 e. The normalized spacial score (nSPS) is 10.5. The van der Waals surface area contributed by atoms with Crippen molar-refractivity contribution in [1.82, 2.24) is 0 Å². The van der Waals surface area contributed by atoms with Gasteiger partial charge in [0.1, 0.15) is 5.75 Å². The van der Waals surface area contributed by atoms with Crippen molar-refractivity contribution in [2.75, 3.05) is 11.5 Å². The molecule has 0 aliphatic heterocycles. The maximum absolute atomic E-state index is 10.7. The highest BCUT2D eigenvalue weighted by atomic mass is 16.3. The Morgan fingerprint density at radius 2 is 1.17 bits per heavy atom. The lowest BCUT2D eigenvalue weighted by atomic mass is 9.90. The average Bonchev–Trinajstić information content (AvgIpc) is 2.78. The molecule has 0 aliphatic carbocycles. The second kappa shape index (κ2) is 7.57. The van der Waals surface area contributed by atoms with Crippen molar-refractivity contribution in [3.63, 3.8) is 0 Å². The summed E-state index contributed by atoms with van der Waals surface area (Å²) >= 11 is 0. The van der Waals surface area contributed by atoms with Crippen molar-refractivity contribution < 1.29 is 10.2 Å². The number of aromatic hydroxyl groups is 2. The first-order valence-electron chi connectivity index (χ1n) is 9.37. The molecule has 0 saturated heterocycles. The number of hydrogen-bond donors (Lipinski definition) is 4. The van der Waals surface area contributed by atoms with Crippen LogP contribution in [0.3, 0.4) is 0 Å². The molecule has 4 nitrogen and oxygen atoms in total. The van der Waals surface area contributed by atoms with Crippen LogP contribution in [0.1, 0.15) is 5.56 Å². The predicted octanol–water partition coefficient (Wildman–Crippen LogP) is 5.24. The Bertz CT molecular complexity index is 1270. The van der Waals surface area contributed by atoms with E-state index in [0.717, 1.165) is 11.1 Å². The van der Waals surface area contributed by atoms with Gasteiger partial charge in [0.2, 0.25) is 0 Å². The van der Waals surface area contributed by atoms with E-state index in [0.29, 0.717) is 22.3 Å². The van der Waals surface area contributed by atoms with Crippen LogP contribution in [-0.4, -0.2) is 10.2 Å². The van der Waals surface area contributed by atoms with Crippen LogP contribution in [0.25, 0.3) is 33.4 Å². The smallest absolute Gasteiger partial charge is 0.155 e. The van der Waals surface area contributed by atoms with Crippen molar-refractivity contribution in [2.45, 2.75) is 0 Å². The van der Waals surface area contributed by atoms with E-state index in [1.807, 2.05) is 72.8 Å². The van der Waals surface area contributed by atoms with Crippen LogP contribution < -0.4 is 11.5 Å². The van der Waals surface area contributed by atoms with Gasteiger partial charge in [0, 0.05) is 16.7 Å². The molecule has 4 aromatic carbocycles. The van der Waals surface area contributed by atoms with Gasteiger partial charge in [-0.25, -0.2) is 0 Å². The molecule has 4 heteroatoms. The third kappa shape index (κ3) is 3.19. The van der Waals surface area contributed by atoms with Crippen molar-refractivity contribution in [3.8, 4) is 57.2 Å². The summed E-state index contributed by atoms with van der Waals surface area (Å²) in [6.07, 6.45) is 5.71. The van der Waals surface area contributed by atoms with Crippen LogP contribution in [0.4, 0.5) is 11.4 Å². The Morgan fingerprint density at radius 1 is 0.633 bits per heavy atom. The molecule has 0 bridgehead atoms. The lowest BCUT2D eigenvalue weighted by molar-refractivity contribution is 0.476. The molecule has 146 valence electrons. The Kier molecular flexibility index (Phi) is 4.79. The Labute approximate surface area is 175 Å². The van der Waals surface area contributed by atoms with Crippen LogP contribution in [0.2, 0.25) is 0 Å². The lowest BCUT2D eigenvalue weighted by Gasteiger charge is -2.17. The number of phenolic OH excluding ortho intramolecular Hbond substituents is 2. The van der Waals surface area contributed by atoms with Gasteiger partial charge in [-0.3, -0.25) is 0 Å². The number of anilines is 2. The number of terminal acetylenes is 1. The lowest BCUT2D eigenvalue weighted by Crippen LogP contribution is -1.98. The molecule has 30 heavy (non-hydrogen) atoms. The molecule has 0 spiro atoms. The molecule has 0 unspecified atom stereocenters. The number of hydrogen-bond acceptors (Lipinski definition) is 4. The van der Waals surface area contributed by atoms with Crippen molar-refractivity contribution in [3.05, 3.63) is 84.4 Å². The number of phenols is 2. The third-order valence-corrected chi connectivity index (χ3v) is 5.12. The standard InChI is InChI=1S/C26H20N2O2/c1-2-19-20(15-22(25(28)26(19)30)17-11-7-4-8-12-17)18-13-21(24(27)23(29)14-18)16-9-5-3-6-10-16/h1,3-15,29-30H,27-28H2. The monoisotopic (exact) mass is 392 g/mol. The molecular formula is C26H20N2O2. The summed E-state index contributed by atoms with van der Waals surface area (Å²) in [6.45, 7) is 0. The van der Waals surface area contributed by atoms with E-state index in [-0.39, 0.29) is 28.4 Å². The van der Waals surface area contributed by atoms with Crippen LogP contribution >= 0.6 is 0 Å². The average molecular weight is 392 g/mol. The molecule has 6 N–H and O–H groups in total. The molecule has 0 fully saturated rings. The zero-order chi connectivity index (χ0) is 21.3. The van der Waals surface area contributed by atoms with Crippen LogP contribution in [0, 0.1) is 12.3 Å². The minimum absolute atomic E-state index is 0.0631. The number of nitrogen functional groups attached to an aromatic ring is 2. The second-order valence-corrected chi connectivity index (χ2v) is 6.94. The van der Waals surface area contributed by atoms with E-state index in [2.05, 4.69) is 5.92 Å². The molecule has 0 aliphatic rings. The highest BCUT2D eigenvalue weighted by molar-refractivity contribution is 5.93. The molecule has 0 saturated carbocycles. The fourth-order valence-corrected chi connectivity index (χ4v) is 3.56. The first-order chi connectivity index (χ1) is 14.5. The van der Waals surface area contributed by atoms with Crippen LogP contribution in [-0.2, 0) is 0 Å². The van der Waals surface area contributed by atoms with Gasteiger partial charge in [-0.15, -0.1) is 6.42 Å². The fourth-order valence-electron chi connectivity index (χ4n) is 3.56. The number of nitrogens with two attached hydrogens (primary N) is 2. The Balaban J connectivity index is 2.00. The quantitative estimate of drug-likeness (QED) is 0.218. The summed E-state index contributed by atoms with van der Waals surface area (Å²) in [4.78, 5) is 0. The van der Waals surface area contributed by atoms with Crippen molar-refractivity contribution in [1.29, 1.82) is 0 Å². The zero-order valence-electron chi connectivity index (χ0n) is 16.1. The summed E-state index contributed by atoms with van der Waals surface area (Å²) in [5.74, 6) is 2.31. The Morgan fingerprint density at radius 3 is 1.70 bits per heavy atom. The van der Waals surface area contributed by atoms with Crippen LogP contribution in [0.5, 0.6) is 11.5 Å². The van der Waals surface area contributed by atoms with E-state index in [4.69, 9.17) is 17.9 Å². The molecule has 4 rings (SSSR count). The molecule has 0 atom stereocenters. The van der Waals surface area contributed by atoms with Crippen molar-refractivity contribution in [2.24, 2.45) is 0 Å². The zero-order valence-corrected chi connectivity index (χ0v) is 16.1. The van der Waals surface area contributed by atoms with Gasteiger partial charge in [0.15, 0.2) is 5.75 Å². The van der Waals surface area contributed by atoms with Gasteiger partial charge >= 0.3 is 0 Å². The number of benzene rings is 4. The highest BCUT2D eigenvalue weighted by Crippen LogP contribution is 2.44. The third-order valence-electron chi connectivity index (χ3n) is 5.12.